The molecule has 6 heteroatoms. The van der Waals surface area contributed by atoms with Crippen LogP contribution >= 0.6 is 15.9 Å². The molecule has 0 amide bonds. The van der Waals surface area contributed by atoms with E-state index in [1.807, 2.05) is 37.4 Å². The number of rotatable bonds is 6. The van der Waals surface area contributed by atoms with E-state index in [0.29, 0.717) is 34.6 Å². The van der Waals surface area contributed by atoms with E-state index in [1.54, 1.807) is 12.1 Å². The summed E-state index contributed by atoms with van der Waals surface area (Å²) in [5.74, 6) is 0.315. The second kappa shape index (κ2) is 8.07. The Bertz CT molecular complexity index is 988. The normalized spacial score (nSPS) is 10.5. The Morgan fingerprint density at radius 1 is 1.31 bits per heavy atom. The molecule has 26 heavy (non-hydrogen) atoms. The summed E-state index contributed by atoms with van der Waals surface area (Å²) in [6.07, 6.45) is 2.72. The molecule has 3 aromatic rings. The van der Waals surface area contributed by atoms with Gasteiger partial charge in [0.25, 0.3) is 0 Å². The van der Waals surface area contributed by atoms with Crippen molar-refractivity contribution in [3.8, 4) is 17.6 Å². The first kappa shape index (κ1) is 18.0. The summed E-state index contributed by atoms with van der Waals surface area (Å²) in [5, 5.41) is 10.2. The van der Waals surface area contributed by atoms with Crippen molar-refractivity contribution in [3.05, 3.63) is 58.2 Å². The Balaban J connectivity index is 1.73. The van der Waals surface area contributed by atoms with Crippen LogP contribution in [0.3, 0.4) is 0 Å². The molecule has 0 aliphatic heterocycles. The van der Waals surface area contributed by atoms with Crippen LogP contribution in [0.2, 0.25) is 0 Å². The quantitative estimate of drug-likeness (QED) is 0.468. The molecular formula is C20H17BrN2O3. The van der Waals surface area contributed by atoms with Crippen LogP contribution in [0.1, 0.15) is 24.5 Å². The van der Waals surface area contributed by atoms with Gasteiger partial charge in [0.15, 0.2) is 11.5 Å². The van der Waals surface area contributed by atoms with Gasteiger partial charge in [-0.25, -0.2) is 0 Å². The second-order valence-corrected chi connectivity index (χ2v) is 6.52. The van der Waals surface area contributed by atoms with E-state index < -0.39 is 0 Å². The lowest BCUT2D eigenvalue weighted by molar-refractivity contribution is -0.134. The molecule has 5 nitrogen and oxygen atoms in total. The standard InChI is InChI=1S/C20H17BrN2O3/c1-2-25-18-10-13(11-22)9-16(21)20(18)26-19(24)8-7-14-12-23-17-6-4-3-5-15(14)17/h3-6,9-10,12,23H,2,7-8H2,1H3. The van der Waals surface area contributed by atoms with Gasteiger partial charge < -0.3 is 14.5 Å². The highest BCUT2D eigenvalue weighted by atomic mass is 79.9. The summed E-state index contributed by atoms with van der Waals surface area (Å²) in [5.41, 5.74) is 2.55. The fourth-order valence-electron chi connectivity index (χ4n) is 2.73. The maximum absolute atomic E-state index is 12.3. The van der Waals surface area contributed by atoms with Crippen LogP contribution in [0.15, 0.2) is 47.1 Å². The van der Waals surface area contributed by atoms with E-state index in [4.69, 9.17) is 14.7 Å². The predicted octanol–water partition coefficient (Wildman–Crippen LogP) is 4.74. The third-order valence-electron chi connectivity index (χ3n) is 3.93. The Kier molecular flexibility index (Phi) is 5.59. The van der Waals surface area contributed by atoms with E-state index in [-0.39, 0.29) is 12.4 Å². The number of aromatic amines is 1. The monoisotopic (exact) mass is 412 g/mol. The smallest absolute Gasteiger partial charge is 0.311 e. The third kappa shape index (κ3) is 3.89. The zero-order chi connectivity index (χ0) is 18.5. The zero-order valence-corrected chi connectivity index (χ0v) is 15.8. The number of hydrogen-bond donors (Lipinski definition) is 1. The van der Waals surface area contributed by atoms with Crippen LogP contribution in [0.25, 0.3) is 10.9 Å². The molecule has 0 spiro atoms. The van der Waals surface area contributed by atoms with Crippen molar-refractivity contribution in [2.45, 2.75) is 19.8 Å². The summed E-state index contributed by atoms with van der Waals surface area (Å²) < 4.78 is 11.5. The number of para-hydroxylation sites is 1. The number of carbonyl (C=O) groups is 1. The highest BCUT2D eigenvalue weighted by Crippen LogP contribution is 2.37. The average molecular weight is 413 g/mol. The van der Waals surface area contributed by atoms with Crippen molar-refractivity contribution >= 4 is 32.8 Å². The Labute approximate surface area is 159 Å². The fraction of sp³-hybridized carbons (Fsp3) is 0.200. The number of carbonyl (C=O) groups excluding carboxylic acids is 1. The maximum atomic E-state index is 12.3. The van der Waals surface area contributed by atoms with E-state index in [2.05, 4.69) is 27.0 Å². The Morgan fingerprint density at radius 2 is 2.12 bits per heavy atom. The molecule has 132 valence electrons. The van der Waals surface area contributed by atoms with E-state index >= 15 is 0 Å². The molecule has 0 unspecified atom stereocenters. The summed E-state index contributed by atoms with van der Waals surface area (Å²) in [7, 11) is 0. The van der Waals surface area contributed by atoms with Gasteiger partial charge in [0.05, 0.1) is 29.1 Å². The first-order valence-corrected chi connectivity index (χ1v) is 9.03. The van der Waals surface area contributed by atoms with Crippen molar-refractivity contribution in [3.63, 3.8) is 0 Å². The van der Waals surface area contributed by atoms with Gasteiger partial charge in [0, 0.05) is 23.2 Å². The molecule has 0 fully saturated rings. The summed E-state index contributed by atoms with van der Waals surface area (Å²) in [6.45, 7) is 2.23. The lowest BCUT2D eigenvalue weighted by atomic mass is 10.1. The molecule has 0 atom stereocenters. The predicted molar refractivity (Wildman–Crippen MR) is 102 cm³/mol. The minimum atomic E-state index is -0.360. The molecule has 1 N–H and O–H groups in total. The van der Waals surface area contributed by atoms with Crippen LogP contribution in [0.5, 0.6) is 11.5 Å². The molecule has 3 rings (SSSR count). The van der Waals surface area contributed by atoms with Crippen molar-refractivity contribution in [2.75, 3.05) is 6.61 Å². The summed E-state index contributed by atoms with van der Waals surface area (Å²) in [6, 6.07) is 13.2. The minimum absolute atomic E-state index is 0.236. The van der Waals surface area contributed by atoms with Crippen molar-refractivity contribution < 1.29 is 14.3 Å². The highest BCUT2D eigenvalue weighted by molar-refractivity contribution is 9.10. The van der Waals surface area contributed by atoms with Crippen molar-refractivity contribution in [1.82, 2.24) is 4.98 Å². The number of nitrogens with one attached hydrogen (secondary N) is 1. The van der Waals surface area contributed by atoms with Crippen molar-refractivity contribution in [1.29, 1.82) is 5.26 Å². The number of nitriles is 1. The van der Waals surface area contributed by atoms with Gasteiger partial charge in [-0.2, -0.15) is 5.26 Å². The van der Waals surface area contributed by atoms with Gasteiger partial charge in [-0.1, -0.05) is 18.2 Å². The fourth-order valence-corrected chi connectivity index (χ4v) is 3.26. The van der Waals surface area contributed by atoms with Gasteiger partial charge in [-0.3, -0.25) is 4.79 Å². The van der Waals surface area contributed by atoms with Crippen LogP contribution in [-0.4, -0.2) is 17.6 Å². The molecule has 2 aromatic carbocycles. The van der Waals surface area contributed by atoms with Gasteiger partial charge >= 0.3 is 5.97 Å². The number of nitrogens with zero attached hydrogens (tertiary/aromatic N) is 1. The molecule has 0 aliphatic carbocycles. The maximum Gasteiger partial charge on any atom is 0.311 e. The largest absolute Gasteiger partial charge is 0.490 e. The van der Waals surface area contributed by atoms with Crippen LogP contribution in [0.4, 0.5) is 0 Å². The van der Waals surface area contributed by atoms with Crippen LogP contribution in [-0.2, 0) is 11.2 Å². The lowest BCUT2D eigenvalue weighted by Crippen LogP contribution is -2.11. The summed E-state index contributed by atoms with van der Waals surface area (Å²) in [4.78, 5) is 15.5. The van der Waals surface area contributed by atoms with E-state index in [0.717, 1.165) is 16.5 Å². The summed E-state index contributed by atoms with van der Waals surface area (Å²) >= 11 is 3.35. The third-order valence-corrected chi connectivity index (χ3v) is 4.52. The molecule has 1 aromatic heterocycles. The number of benzene rings is 2. The van der Waals surface area contributed by atoms with Gasteiger partial charge in [-0.05, 0) is 47.0 Å². The van der Waals surface area contributed by atoms with Gasteiger partial charge in [0.1, 0.15) is 0 Å². The second-order valence-electron chi connectivity index (χ2n) is 5.66. The topological polar surface area (TPSA) is 75.1 Å². The number of aromatic nitrogens is 1. The number of halogens is 1. The molecule has 0 saturated carbocycles. The van der Waals surface area contributed by atoms with Crippen LogP contribution < -0.4 is 9.47 Å². The molecule has 1 heterocycles. The molecular weight excluding hydrogens is 396 g/mol. The Hall–Kier alpha value is -2.78. The SMILES string of the molecule is CCOc1cc(C#N)cc(Br)c1OC(=O)CCc1c[nH]c2ccccc12. The molecule has 0 bridgehead atoms. The number of esters is 1. The lowest BCUT2D eigenvalue weighted by Gasteiger charge is -2.12. The number of H-pyrrole nitrogens is 1. The number of hydrogen-bond acceptors (Lipinski definition) is 4. The zero-order valence-electron chi connectivity index (χ0n) is 14.2. The number of fused-ring (bicyclic) bond motifs is 1. The first-order chi connectivity index (χ1) is 12.6. The molecule has 0 radical (unpaired) electrons. The van der Waals surface area contributed by atoms with Crippen molar-refractivity contribution in [2.24, 2.45) is 0 Å². The average Bonchev–Trinajstić information content (AvgIpc) is 3.06. The minimum Gasteiger partial charge on any atom is -0.490 e. The first-order valence-electron chi connectivity index (χ1n) is 8.24. The number of ether oxygens (including phenoxy) is 2. The van der Waals surface area contributed by atoms with E-state index in [9.17, 15) is 4.79 Å². The highest BCUT2D eigenvalue weighted by Gasteiger charge is 2.16. The van der Waals surface area contributed by atoms with Crippen LogP contribution in [0, 0.1) is 11.3 Å². The van der Waals surface area contributed by atoms with Gasteiger partial charge in [-0.15, -0.1) is 0 Å². The van der Waals surface area contributed by atoms with E-state index in [1.165, 1.54) is 0 Å². The Morgan fingerprint density at radius 3 is 2.88 bits per heavy atom. The molecule has 0 saturated heterocycles. The number of aryl methyl sites for hydroxylation is 1. The van der Waals surface area contributed by atoms with Gasteiger partial charge in [0.2, 0.25) is 0 Å². The molecule has 0 aliphatic rings.